The molecule has 0 atom stereocenters. The Bertz CT molecular complexity index is 258. The van der Waals surface area contributed by atoms with Gasteiger partial charge in [-0.1, -0.05) is 0 Å². The van der Waals surface area contributed by atoms with Gasteiger partial charge in [0, 0.05) is 11.1 Å². The van der Waals surface area contributed by atoms with Crippen molar-refractivity contribution >= 4 is 8.52 Å². The van der Waals surface area contributed by atoms with Crippen molar-refractivity contribution in [1.29, 1.82) is 0 Å². The first kappa shape index (κ1) is 14.1. The van der Waals surface area contributed by atoms with Crippen LogP contribution in [0.3, 0.4) is 0 Å². The van der Waals surface area contributed by atoms with Gasteiger partial charge in [0.05, 0.1) is 14.1 Å². The van der Waals surface area contributed by atoms with Gasteiger partial charge in [0.2, 0.25) is 0 Å². The third-order valence-corrected chi connectivity index (χ3v) is 5.11. The van der Waals surface area contributed by atoms with Crippen molar-refractivity contribution < 1.29 is 0 Å². The lowest BCUT2D eigenvalue weighted by molar-refractivity contribution is 0.0645. The number of hydrogen-bond donors (Lipinski definition) is 0. The highest BCUT2D eigenvalue weighted by Crippen LogP contribution is 2.43. The average molecular weight is 242 g/mol. The molecule has 0 N–H and O–H groups in total. The number of rotatable bonds is 1. The minimum Gasteiger partial charge on any atom is -0.247 e. The summed E-state index contributed by atoms with van der Waals surface area (Å²) in [5, 5.41) is 0. The monoisotopic (exact) mass is 242 g/mol. The van der Waals surface area contributed by atoms with Gasteiger partial charge in [0.25, 0.3) is 0 Å². The van der Waals surface area contributed by atoms with Gasteiger partial charge < -0.3 is 0 Å². The van der Waals surface area contributed by atoms with E-state index in [4.69, 9.17) is 4.74 Å². The van der Waals surface area contributed by atoms with Crippen molar-refractivity contribution in [3.63, 3.8) is 0 Å². The summed E-state index contributed by atoms with van der Waals surface area (Å²) in [6, 6.07) is 0. The first-order valence-corrected chi connectivity index (χ1v) is 7.08. The minimum atomic E-state index is 0.0607. The van der Waals surface area contributed by atoms with Gasteiger partial charge in [-0.15, -0.1) is 0 Å². The predicted octanol–water partition coefficient (Wildman–Crippen LogP) is 4.87. The lowest BCUT2D eigenvalue weighted by Gasteiger charge is -2.49. The van der Waals surface area contributed by atoms with E-state index in [1.807, 2.05) is 0 Å². The second kappa shape index (κ2) is 4.38. The van der Waals surface area contributed by atoms with Gasteiger partial charge in [-0.25, -0.2) is 9.42 Å². The van der Waals surface area contributed by atoms with Crippen LogP contribution in [0.15, 0.2) is 4.74 Å². The Morgan fingerprint density at radius 3 is 1.81 bits per heavy atom. The van der Waals surface area contributed by atoms with Gasteiger partial charge in [-0.3, -0.25) is 0 Å². The van der Waals surface area contributed by atoms with E-state index in [9.17, 15) is 0 Å². The maximum atomic E-state index is 4.77. The van der Waals surface area contributed by atoms with E-state index in [1.165, 1.54) is 19.3 Å². The molecule has 1 heterocycles. The molecule has 0 saturated carbocycles. The van der Waals surface area contributed by atoms with Gasteiger partial charge in [0.1, 0.15) is 0 Å². The molecule has 0 aliphatic carbocycles. The molecule has 0 amide bonds. The van der Waals surface area contributed by atoms with Crippen molar-refractivity contribution in [1.82, 2.24) is 4.67 Å². The summed E-state index contributed by atoms with van der Waals surface area (Å²) >= 11 is 0. The fraction of sp³-hybridized carbons (Fsp3) is 1.00. The zero-order valence-electron chi connectivity index (χ0n) is 12.0. The van der Waals surface area contributed by atoms with E-state index in [-0.39, 0.29) is 16.6 Å². The first-order chi connectivity index (χ1) is 7.05. The molecule has 1 aliphatic heterocycles. The minimum absolute atomic E-state index is 0.0607. The molecular weight excluding hydrogens is 215 g/mol. The van der Waals surface area contributed by atoms with Gasteiger partial charge in [-0.05, 0) is 67.7 Å². The molecule has 16 heavy (non-hydrogen) atoms. The van der Waals surface area contributed by atoms with Crippen LogP contribution in [0.4, 0.5) is 0 Å². The van der Waals surface area contributed by atoms with Crippen LogP contribution < -0.4 is 0 Å². The molecule has 0 bridgehead atoms. The summed E-state index contributed by atoms with van der Waals surface area (Å²) in [5.41, 5.74) is 0.612. The zero-order chi connectivity index (χ0) is 12.6. The molecule has 94 valence electrons. The van der Waals surface area contributed by atoms with E-state index in [2.05, 4.69) is 53.1 Å². The third-order valence-electron chi connectivity index (χ3n) is 3.16. The molecular formula is C13H27N2P. The van der Waals surface area contributed by atoms with Crippen LogP contribution in [-0.2, 0) is 0 Å². The molecule has 0 unspecified atom stereocenters. The Balaban J connectivity index is 2.92. The van der Waals surface area contributed by atoms with Crippen molar-refractivity contribution in [2.45, 2.75) is 84.3 Å². The summed E-state index contributed by atoms with van der Waals surface area (Å²) in [7, 11) is 1.14. The fourth-order valence-corrected chi connectivity index (χ4v) is 3.45. The van der Waals surface area contributed by atoms with Crippen LogP contribution in [0.25, 0.3) is 0 Å². The standard InChI is InChI=1S/C13H27N2P/c1-11(2,3)14-16-15-12(4,5)9-8-10-13(15,6)7/h8-10H2,1-7H3. The molecule has 1 fully saturated rings. The average Bonchev–Trinajstić information content (AvgIpc) is 1.97. The Hall–Kier alpha value is 0.0600. The van der Waals surface area contributed by atoms with Crippen LogP contribution in [0, 0.1) is 0 Å². The Morgan fingerprint density at radius 2 is 1.44 bits per heavy atom. The van der Waals surface area contributed by atoms with Gasteiger partial charge in [0.15, 0.2) is 0 Å². The predicted molar refractivity (Wildman–Crippen MR) is 72.9 cm³/mol. The second-order valence-corrected chi connectivity index (χ2v) is 7.93. The van der Waals surface area contributed by atoms with E-state index in [1.54, 1.807) is 0 Å². The molecule has 3 heteroatoms. The van der Waals surface area contributed by atoms with E-state index < -0.39 is 0 Å². The molecule has 2 nitrogen and oxygen atoms in total. The lowest BCUT2D eigenvalue weighted by atomic mass is 9.83. The largest absolute Gasteiger partial charge is 0.247 e. The normalized spacial score (nSPS) is 26.2. The van der Waals surface area contributed by atoms with Crippen molar-refractivity contribution in [2.75, 3.05) is 0 Å². The highest BCUT2D eigenvalue weighted by Gasteiger charge is 2.41. The van der Waals surface area contributed by atoms with Crippen molar-refractivity contribution in [3.8, 4) is 0 Å². The molecule has 0 radical (unpaired) electrons. The van der Waals surface area contributed by atoms with Gasteiger partial charge in [-0.2, -0.15) is 0 Å². The summed E-state index contributed by atoms with van der Waals surface area (Å²) in [4.78, 5) is 0. The number of piperidine rings is 1. The molecule has 1 rings (SSSR count). The number of hydrogen-bond acceptors (Lipinski definition) is 1. The molecule has 0 spiro atoms. The van der Waals surface area contributed by atoms with E-state index >= 15 is 0 Å². The Kier molecular flexibility index (Phi) is 3.87. The molecule has 0 aromatic carbocycles. The quantitative estimate of drug-likeness (QED) is 0.599. The van der Waals surface area contributed by atoms with Crippen LogP contribution in [0.1, 0.15) is 67.7 Å². The SMILES string of the molecule is CC(C)(C)N=PN1C(C)(C)CCCC1(C)C. The molecule has 1 aliphatic rings. The summed E-state index contributed by atoms with van der Waals surface area (Å²) in [6.45, 7) is 15.9. The fourth-order valence-electron chi connectivity index (χ4n) is 2.41. The van der Waals surface area contributed by atoms with Crippen LogP contribution in [0.5, 0.6) is 0 Å². The Morgan fingerprint density at radius 1 is 1.00 bits per heavy atom. The van der Waals surface area contributed by atoms with Gasteiger partial charge >= 0.3 is 0 Å². The van der Waals surface area contributed by atoms with E-state index in [0.29, 0.717) is 0 Å². The highest BCUT2D eigenvalue weighted by molar-refractivity contribution is 7.24. The summed E-state index contributed by atoms with van der Waals surface area (Å²) in [6.07, 6.45) is 3.90. The molecule has 0 aromatic rings. The zero-order valence-corrected chi connectivity index (χ0v) is 12.9. The van der Waals surface area contributed by atoms with Crippen LogP contribution in [0.2, 0.25) is 0 Å². The summed E-state index contributed by atoms with van der Waals surface area (Å²) < 4.78 is 7.32. The third kappa shape index (κ3) is 3.53. The maximum Gasteiger partial charge on any atom is 0.0950 e. The van der Waals surface area contributed by atoms with Crippen molar-refractivity contribution in [3.05, 3.63) is 0 Å². The topological polar surface area (TPSA) is 15.6 Å². The Labute approximate surface area is 103 Å². The van der Waals surface area contributed by atoms with Crippen molar-refractivity contribution in [2.24, 2.45) is 4.74 Å². The molecule has 1 saturated heterocycles. The second-order valence-electron chi connectivity index (χ2n) is 7.15. The lowest BCUT2D eigenvalue weighted by Crippen LogP contribution is -2.53. The summed E-state index contributed by atoms with van der Waals surface area (Å²) in [5.74, 6) is 0. The van der Waals surface area contributed by atoms with E-state index in [0.717, 1.165) is 8.52 Å². The highest BCUT2D eigenvalue weighted by atomic mass is 31.1. The maximum absolute atomic E-state index is 4.77. The first-order valence-electron chi connectivity index (χ1n) is 6.28. The smallest absolute Gasteiger partial charge is 0.0950 e. The number of nitrogens with zero attached hydrogens (tertiary/aromatic N) is 2. The van der Waals surface area contributed by atoms with Crippen LogP contribution >= 0.6 is 8.52 Å². The molecule has 0 aromatic heterocycles. The van der Waals surface area contributed by atoms with Crippen LogP contribution in [-0.4, -0.2) is 21.3 Å².